The molecule has 1 aromatic carbocycles. The number of carboxylic acid groups (broad SMARTS) is 1. The number of nitrogens with zero attached hydrogens (tertiary/aromatic N) is 2. The monoisotopic (exact) mass is 301 g/mol. The van der Waals surface area contributed by atoms with Crippen LogP contribution in [0.25, 0.3) is 10.8 Å². The number of nitrogens with one attached hydrogen (secondary N) is 1. The number of pyridine rings is 1. The first-order chi connectivity index (χ1) is 10.5. The van der Waals surface area contributed by atoms with Crippen LogP contribution in [0.5, 0.6) is 0 Å². The lowest BCUT2D eigenvalue weighted by molar-refractivity contribution is 0.0697. The molecule has 0 amide bonds. The van der Waals surface area contributed by atoms with Gasteiger partial charge in [0.05, 0.1) is 17.5 Å². The molecule has 0 spiro atoms. The van der Waals surface area contributed by atoms with E-state index < -0.39 is 17.3 Å². The summed E-state index contributed by atoms with van der Waals surface area (Å²) in [7, 11) is 0. The highest BCUT2D eigenvalue weighted by atomic mass is 19.1. The molecular weight excluding hydrogens is 289 g/mol. The maximum Gasteiger partial charge on any atom is 0.338 e. The molecule has 0 saturated carbocycles. The number of fused-ring (bicyclic) bond motifs is 1. The van der Waals surface area contributed by atoms with Gasteiger partial charge in [-0.1, -0.05) is 12.1 Å². The lowest BCUT2D eigenvalue weighted by atomic mass is 10.0. The third-order valence-electron chi connectivity index (χ3n) is 3.59. The highest BCUT2D eigenvalue weighted by Crippen LogP contribution is 2.22. The molecule has 0 aliphatic carbocycles. The second-order valence-corrected chi connectivity index (χ2v) is 4.86. The van der Waals surface area contributed by atoms with Gasteiger partial charge in [-0.2, -0.15) is 0 Å². The summed E-state index contributed by atoms with van der Waals surface area (Å²) in [4.78, 5) is 31.0. The Labute approximate surface area is 123 Å². The Bertz CT molecular complexity index is 929. The van der Waals surface area contributed by atoms with Crippen LogP contribution in [0.2, 0.25) is 0 Å². The quantitative estimate of drug-likeness (QED) is 0.773. The van der Waals surface area contributed by atoms with E-state index >= 15 is 0 Å². The van der Waals surface area contributed by atoms with Crippen molar-refractivity contribution >= 4 is 16.7 Å². The number of H-pyrrole nitrogens is 1. The van der Waals surface area contributed by atoms with Gasteiger partial charge in [-0.25, -0.2) is 14.2 Å². The molecule has 6 nitrogen and oxygen atoms in total. The predicted octanol–water partition coefficient (Wildman–Crippen LogP) is 1.92. The first-order valence-electron chi connectivity index (χ1n) is 6.54. The fourth-order valence-electron chi connectivity index (χ4n) is 2.56. The van der Waals surface area contributed by atoms with Crippen LogP contribution in [-0.4, -0.2) is 25.6 Å². The van der Waals surface area contributed by atoms with Crippen LogP contribution in [0.15, 0.2) is 35.4 Å². The van der Waals surface area contributed by atoms with Crippen molar-refractivity contribution in [3.63, 3.8) is 0 Å². The van der Waals surface area contributed by atoms with E-state index in [0.717, 1.165) is 6.07 Å². The zero-order chi connectivity index (χ0) is 15.9. The number of hydrogen-bond acceptors (Lipinski definition) is 3. The fraction of sp³-hybridized carbons (Fsp3) is 0.133. The number of imidazole rings is 1. The normalized spacial score (nSPS) is 11.0. The number of hydrogen-bond donors (Lipinski definition) is 2. The molecule has 0 radical (unpaired) electrons. The van der Waals surface area contributed by atoms with Gasteiger partial charge in [0.25, 0.3) is 5.56 Å². The van der Waals surface area contributed by atoms with Crippen molar-refractivity contribution in [2.24, 2.45) is 0 Å². The zero-order valence-electron chi connectivity index (χ0n) is 11.6. The smallest absolute Gasteiger partial charge is 0.338 e. The fourth-order valence-corrected chi connectivity index (χ4v) is 2.56. The molecule has 112 valence electrons. The van der Waals surface area contributed by atoms with Gasteiger partial charge in [0, 0.05) is 23.5 Å². The van der Waals surface area contributed by atoms with E-state index in [1.165, 1.54) is 29.8 Å². The van der Waals surface area contributed by atoms with Gasteiger partial charge >= 0.3 is 5.97 Å². The number of aromatic carboxylic acids is 1. The van der Waals surface area contributed by atoms with Crippen molar-refractivity contribution in [3.8, 4) is 0 Å². The average Bonchev–Trinajstić information content (AvgIpc) is 2.96. The molecule has 0 fully saturated rings. The van der Waals surface area contributed by atoms with Gasteiger partial charge in [-0.15, -0.1) is 0 Å². The summed E-state index contributed by atoms with van der Waals surface area (Å²) in [5.74, 6) is -1.46. The minimum Gasteiger partial charge on any atom is -0.478 e. The molecule has 2 heterocycles. The highest BCUT2D eigenvalue weighted by Gasteiger charge is 2.21. The van der Waals surface area contributed by atoms with E-state index in [-0.39, 0.29) is 28.6 Å². The average molecular weight is 301 g/mol. The third kappa shape index (κ3) is 2.07. The van der Waals surface area contributed by atoms with Crippen molar-refractivity contribution < 1.29 is 14.3 Å². The van der Waals surface area contributed by atoms with Crippen LogP contribution >= 0.6 is 0 Å². The van der Waals surface area contributed by atoms with Crippen molar-refractivity contribution in [2.75, 3.05) is 0 Å². The van der Waals surface area contributed by atoms with Gasteiger partial charge in [-0.05, 0) is 13.0 Å². The first-order valence-corrected chi connectivity index (χ1v) is 6.54. The topological polar surface area (TPSA) is 88.0 Å². The van der Waals surface area contributed by atoms with Gasteiger partial charge in [-0.3, -0.25) is 4.79 Å². The molecule has 0 atom stereocenters. The Morgan fingerprint density at radius 2 is 2.23 bits per heavy atom. The third-order valence-corrected chi connectivity index (χ3v) is 3.59. The zero-order valence-corrected chi connectivity index (χ0v) is 11.6. The van der Waals surface area contributed by atoms with E-state index in [0.29, 0.717) is 5.82 Å². The second kappa shape index (κ2) is 5.10. The van der Waals surface area contributed by atoms with Crippen molar-refractivity contribution in [1.82, 2.24) is 14.5 Å². The summed E-state index contributed by atoms with van der Waals surface area (Å²) in [5.41, 5.74) is -0.403. The Morgan fingerprint density at radius 3 is 2.86 bits per heavy atom. The van der Waals surface area contributed by atoms with Crippen LogP contribution in [0.4, 0.5) is 4.39 Å². The van der Waals surface area contributed by atoms with Crippen LogP contribution < -0.4 is 5.56 Å². The molecule has 3 rings (SSSR count). The Hall–Kier alpha value is -2.96. The first kappa shape index (κ1) is 14.0. The van der Waals surface area contributed by atoms with E-state index in [1.807, 2.05) is 0 Å². The molecular formula is C15H12FN3O3. The Morgan fingerprint density at radius 1 is 1.45 bits per heavy atom. The number of aromatic amines is 1. The minimum atomic E-state index is -1.21. The predicted molar refractivity (Wildman–Crippen MR) is 77.6 cm³/mol. The number of benzene rings is 1. The molecule has 7 heteroatoms. The SMILES string of the molecule is Cc1c(C(=O)O)c2cccc(F)c2c(=O)n1Cc1ncc[nH]1. The van der Waals surface area contributed by atoms with Gasteiger partial charge in [0.15, 0.2) is 0 Å². The van der Waals surface area contributed by atoms with Gasteiger partial charge in [0.1, 0.15) is 11.6 Å². The number of halogens is 1. The summed E-state index contributed by atoms with van der Waals surface area (Å²) in [6, 6.07) is 3.97. The van der Waals surface area contributed by atoms with Crippen LogP contribution in [0.1, 0.15) is 21.9 Å². The molecule has 0 unspecified atom stereocenters. The lowest BCUT2D eigenvalue weighted by Crippen LogP contribution is -2.27. The van der Waals surface area contributed by atoms with Crippen molar-refractivity contribution in [1.29, 1.82) is 0 Å². The Kier molecular flexibility index (Phi) is 3.25. The molecule has 0 aliphatic rings. The summed E-state index contributed by atoms with van der Waals surface area (Å²) < 4.78 is 15.3. The maximum atomic E-state index is 14.1. The summed E-state index contributed by atoms with van der Waals surface area (Å²) in [6.07, 6.45) is 3.12. The van der Waals surface area contributed by atoms with E-state index in [4.69, 9.17) is 0 Å². The Balaban J connectivity index is 2.40. The number of carboxylic acids is 1. The molecule has 2 aromatic heterocycles. The lowest BCUT2D eigenvalue weighted by Gasteiger charge is -2.14. The molecule has 0 saturated heterocycles. The van der Waals surface area contributed by atoms with Crippen LogP contribution in [-0.2, 0) is 6.54 Å². The molecule has 0 bridgehead atoms. The number of rotatable bonds is 3. The van der Waals surface area contributed by atoms with E-state index in [2.05, 4.69) is 9.97 Å². The van der Waals surface area contributed by atoms with Gasteiger partial charge in [0.2, 0.25) is 0 Å². The highest BCUT2D eigenvalue weighted by molar-refractivity contribution is 6.04. The summed E-state index contributed by atoms with van der Waals surface area (Å²) in [6.45, 7) is 1.57. The summed E-state index contributed by atoms with van der Waals surface area (Å²) in [5, 5.41) is 9.31. The largest absolute Gasteiger partial charge is 0.478 e. The standard InChI is InChI=1S/C15H12FN3O3/c1-8-12(15(21)22)9-3-2-4-10(16)13(9)14(20)19(8)7-11-17-5-6-18-11/h2-6H,7H2,1H3,(H,17,18)(H,21,22). The van der Waals surface area contributed by atoms with E-state index in [9.17, 15) is 19.1 Å². The molecule has 22 heavy (non-hydrogen) atoms. The molecule has 2 N–H and O–H groups in total. The van der Waals surface area contributed by atoms with Crippen LogP contribution in [0, 0.1) is 12.7 Å². The molecule has 3 aromatic rings. The second-order valence-electron chi connectivity index (χ2n) is 4.86. The number of aromatic nitrogens is 3. The van der Waals surface area contributed by atoms with Crippen molar-refractivity contribution in [2.45, 2.75) is 13.5 Å². The van der Waals surface area contributed by atoms with E-state index in [1.54, 1.807) is 6.20 Å². The minimum absolute atomic E-state index is 0.0439. The van der Waals surface area contributed by atoms with Crippen molar-refractivity contribution in [3.05, 3.63) is 63.8 Å². The van der Waals surface area contributed by atoms with Gasteiger partial charge < -0.3 is 14.7 Å². The number of carbonyl (C=O) groups is 1. The molecule has 0 aliphatic heterocycles. The van der Waals surface area contributed by atoms with Crippen LogP contribution in [0.3, 0.4) is 0 Å². The summed E-state index contributed by atoms with van der Waals surface area (Å²) >= 11 is 0. The maximum absolute atomic E-state index is 14.1.